The molecular weight excluding hydrogens is 303 g/mol. The fourth-order valence-electron chi connectivity index (χ4n) is 1.98. The predicted molar refractivity (Wildman–Crippen MR) is 67.6 cm³/mol. The van der Waals surface area contributed by atoms with Crippen molar-refractivity contribution in [2.75, 3.05) is 0 Å². The van der Waals surface area contributed by atoms with Gasteiger partial charge >= 0.3 is 0 Å². The molecule has 0 N–H and O–H groups in total. The van der Waals surface area contributed by atoms with Gasteiger partial charge in [0.1, 0.15) is 4.34 Å². The zero-order valence-electron chi connectivity index (χ0n) is 7.60. The fourth-order valence-corrected chi connectivity index (χ4v) is 4.24. The summed E-state index contributed by atoms with van der Waals surface area (Å²) in [5.41, 5.74) is 0. The molecule has 0 aromatic carbocycles. The van der Waals surface area contributed by atoms with Crippen LogP contribution in [0.2, 0.25) is 4.34 Å². The lowest BCUT2D eigenvalue weighted by Gasteiger charge is -2.14. The minimum atomic E-state index is 0.159. The molecule has 78 valence electrons. The van der Waals surface area contributed by atoms with Gasteiger partial charge in [-0.15, -0.1) is 22.9 Å². The van der Waals surface area contributed by atoms with Gasteiger partial charge in [0.25, 0.3) is 0 Å². The van der Waals surface area contributed by atoms with Gasteiger partial charge in [0, 0.05) is 9.35 Å². The van der Waals surface area contributed by atoms with E-state index in [-0.39, 0.29) is 5.38 Å². The van der Waals surface area contributed by atoms with Crippen LogP contribution in [0.25, 0.3) is 0 Å². The van der Waals surface area contributed by atoms with Crippen molar-refractivity contribution in [1.29, 1.82) is 0 Å². The van der Waals surface area contributed by atoms with E-state index < -0.39 is 0 Å². The monoisotopic (exact) mass is 312 g/mol. The molecule has 4 heteroatoms. The first-order chi connectivity index (χ1) is 6.68. The summed E-state index contributed by atoms with van der Waals surface area (Å²) in [5.74, 6) is 0.651. The van der Waals surface area contributed by atoms with Crippen LogP contribution in [-0.2, 0) is 0 Å². The molecule has 1 fully saturated rings. The average Bonchev–Trinajstić information content (AvgIpc) is 2.76. The number of thiophene rings is 1. The molecule has 0 radical (unpaired) electrons. The number of hydrogen-bond donors (Lipinski definition) is 0. The zero-order valence-corrected chi connectivity index (χ0v) is 11.5. The van der Waals surface area contributed by atoms with Gasteiger partial charge in [0.05, 0.1) is 5.38 Å². The van der Waals surface area contributed by atoms with Crippen LogP contribution in [0.15, 0.2) is 10.5 Å². The second kappa shape index (κ2) is 4.73. The molecule has 0 nitrogen and oxygen atoms in total. The molecule has 1 atom stereocenters. The van der Waals surface area contributed by atoms with Gasteiger partial charge in [-0.3, -0.25) is 0 Å². The van der Waals surface area contributed by atoms with Crippen LogP contribution in [0.5, 0.6) is 0 Å². The minimum Gasteiger partial charge on any atom is -0.126 e. The maximum Gasteiger partial charge on any atom is 0.107 e. The summed E-state index contributed by atoms with van der Waals surface area (Å²) in [6.45, 7) is 0. The maximum absolute atomic E-state index is 6.43. The molecule has 0 spiro atoms. The summed E-state index contributed by atoms with van der Waals surface area (Å²) in [7, 11) is 0. The van der Waals surface area contributed by atoms with Gasteiger partial charge in [-0.1, -0.05) is 24.4 Å². The molecule has 1 heterocycles. The Morgan fingerprint density at radius 1 is 1.43 bits per heavy atom. The zero-order chi connectivity index (χ0) is 10.1. The molecule has 14 heavy (non-hydrogen) atoms. The largest absolute Gasteiger partial charge is 0.126 e. The van der Waals surface area contributed by atoms with Gasteiger partial charge in [-0.05, 0) is 40.8 Å². The van der Waals surface area contributed by atoms with Crippen molar-refractivity contribution in [3.63, 3.8) is 0 Å². The molecule has 1 aliphatic rings. The summed E-state index contributed by atoms with van der Waals surface area (Å²) < 4.78 is 1.78. The van der Waals surface area contributed by atoms with Crippen molar-refractivity contribution in [2.45, 2.75) is 31.1 Å². The third-order valence-electron chi connectivity index (χ3n) is 2.75. The van der Waals surface area contributed by atoms with E-state index in [9.17, 15) is 0 Å². The molecule has 1 aromatic rings. The van der Waals surface area contributed by atoms with Gasteiger partial charge in [-0.25, -0.2) is 0 Å². The molecule has 1 aliphatic carbocycles. The van der Waals surface area contributed by atoms with Crippen LogP contribution < -0.4 is 0 Å². The van der Waals surface area contributed by atoms with E-state index in [2.05, 4.69) is 22.0 Å². The van der Waals surface area contributed by atoms with E-state index in [0.717, 1.165) is 8.81 Å². The number of alkyl halides is 1. The third kappa shape index (κ3) is 2.29. The highest BCUT2D eigenvalue weighted by Gasteiger charge is 2.26. The Morgan fingerprint density at radius 3 is 2.57 bits per heavy atom. The Kier molecular flexibility index (Phi) is 3.80. The first kappa shape index (κ1) is 11.3. The first-order valence-electron chi connectivity index (χ1n) is 4.77. The second-order valence-electron chi connectivity index (χ2n) is 3.72. The van der Waals surface area contributed by atoms with E-state index >= 15 is 0 Å². The van der Waals surface area contributed by atoms with E-state index in [1.54, 1.807) is 11.3 Å². The minimum absolute atomic E-state index is 0.159. The third-order valence-corrected chi connectivity index (χ3v) is 6.03. The molecule has 1 aromatic heterocycles. The molecule has 1 saturated carbocycles. The van der Waals surface area contributed by atoms with Gasteiger partial charge < -0.3 is 0 Å². The SMILES string of the molecule is Clc1sc(C(Cl)C2CCCC2)cc1Br. The summed E-state index contributed by atoms with van der Waals surface area (Å²) in [6, 6.07) is 2.06. The maximum atomic E-state index is 6.43. The highest BCUT2D eigenvalue weighted by atomic mass is 79.9. The summed E-state index contributed by atoms with van der Waals surface area (Å²) in [4.78, 5) is 1.20. The molecule has 1 unspecified atom stereocenters. The van der Waals surface area contributed by atoms with E-state index in [4.69, 9.17) is 23.2 Å². The topological polar surface area (TPSA) is 0 Å². The van der Waals surface area contributed by atoms with Crippen LogP contribution in [0.1, 0.15) is 35.9 Å². The smallest absolute Gasteiger partial charge is 0.107 e. The normalized spacial score (nSPS) is 20.2. The molecular formula is C10H11BrCl2S. The highest BCUT2D eigenvalue weighted by Crippen LogP contribution is 2.45. The van der Waals surface area contributed by atoms with Gasteiger partial charge in [-0.2, -0.15) is 0 Å². The van der Waals surface area contributed by atoms with Crippen molar-refractivity contribution in [3.05, 3.63) is 19.8 Å². The van der Waals surface area contributed by atoms with Crippen molar-refractivity contribution in [1.82, 2.24) is 0 Å². The summed E-state index contributed by atoms with van der Waals surface area (Å²) >= 11 is 17.4. The average molecular weight is 314 g/mol. The Labute approximate surface area is 107 Å². The van der Waals surface area contributed by atoms with Crippen molar-refractivity contribution >= 4 is 50.5 Å². The lowest BCUT2D eigenvalue weighted by atomic mass is 10.0. The van der Waals surface area contributed by atoms with Crippen LogP contribution in [-0.4, -0.2) is 0 Å². The Hall–Kier alpha value is 0.760. The Morgan fingerprint density at radius 2 is 2.07 bits per heavy atom. The van der Waals surface area contributed by atoms with Crippen molar-refractivity contribution < 1.29 is 0 Å². The van der Waals surface area contributed by atoms with Gasteiger partial charge in [0.2, 0.25) is 0 Å². The molecule has 0 aliphatic heterocycles. The number of rotatable bonds is 2. The summed E-state index contributed by atoms with van der Waals surface area (Å²) in [5, 5.41) is 0.159. The first-order valence-corrected chi connectivity index (χ1v) is 7.19. The van der Waals surface area contributed by atoms with Crippen LogP contribution in [0.4, 0.5) is 0 Å². The molecule has 0 amide bonds. The molecule has 0 bridgehead atoms. The Bertz CT molecular complexity index is 298. The predicted octanol–water partition coefficient (Wildman–Crippen LogP) is 5.63. The van der Waals surface area contributed by atoms with E-state index in [1.165, 1.54) is 30.6 Å². The second-order valence-corrected chi connectivity index (χ2v) is 6.73. The molecule has 2 rings (SSSR count). The van der Waals surface area contributed by atoms with Crippen molar-refractivity contribution in [2.24, 2.45) is 5.92 Å². The summed E-state index contributed by atoms with van der Waals surface area (Å²) in [6.07, 6.45) is 5.19. The quantitative estimate of drug-likeness (QED) is 0.620. The Balaban J connectivity index is 2.13. The number of hydrogen-bond acceptors (Lipinski definition) is 1. The van der Waals surface area contributed by atoms with E-state index in [1.807, 2.05) is 0 Å². The number of halogens is 3. The lowest BCUT2D eigenvalue weighted by Crippen LogP contribution is -2.00. The van der Waals surface area contributed by atoms with Crippen LogP contribution in [0, 0.1) is 5.92 Å². The van der Waals surface area contributed by atoms with Crippen LogP contribution in [0.3, 0.4) is 0 Å². The lowest BCUT2D eigenvalue weighted by molar-refractivity contribution is 0.533. The fraction of sp³-hybridized carbons (Fsp3) is 0.600. The highest BCUT2D eigenvalue weighted by molar-refractivity contribution is 9.10. The van der Waals surface area contributed by atoms with Crippen molar-refractivity contribution in [3.8, 4) is 0 Å². The van der Waals surface area contributed by atoms with Gasteiger partial charge in [0.15, 0.2) is 0 Å². The van der Waals surface area contributed by atoms with E-state index in [0.29, 0.717) is 5.92 Å². The molecule has 0 saturated heterocycles. The van der Waals surface area contributed by atoms with Crippen LogP contribution >= 0.6 is 50.5 Å². The standard InChI is InChI=1S/C10H11BrCl2S/c11-7-5-8(14-10(7)13)9(12)6-3-1-2-4-6/h5-6,9H,1-4H2.